The van der Waals surface area contributed by atoms with Crippen LogP contribution in [0.2, 0.25) is 0 Å². The van der Waals surface area contributed by atoms with Gasteiger partial charge in [0.2, 0.25) is 0 Å². The molecule has 0 unspecified atom stereocenters. The first-order valence-electron chi connectivity index (χ1n) is 5.26. The maximum absolute atomic E-state index is 13.5. The van der Waals surface area contributed by atoms with Gasteiger partial charge < -0.3 is 0 Å². The molecule has 0 saturated heterocycles. The van der Waals surface area contributed by atoms with Crippen LogP contribution in [-0.4, -0.2) is 20.0 Å². The minimum Gasteiger partial charge on any atom is -0.293 e. The van der Waals surface area contributed by atoms with Crippen molar-refractivity contribution in [3.63, 3.8) is 0 Å². The van der Waals surface area contributed by atoms with Crippen molar-refractivity contribution in [2.24, 2.45) is 0 Å². The summed E-state index contributed by atoms with van der Waals surface area (Å²) in [5.41, 5.74) is 0.266. The zero-order valence-corrected chi connectivity index (χ0v) is 14.6. The third-order valence-corrected chi connectivity index (χ3v) is 6.43. The van der Waals surface area contributed by atoms with Crippen LogP contribution in [0.5, 0.6) is 0 Å². The number of carbonyl (C=O) groups is 1. The summed E-state index contributed by atoms with van der Waals surface area (Å²) >= 11 is 7.68. The van der Waals surface area contributed by atoms with Gasteiger partial charge in [0.25, 0.3) is 0 Å². The molecular formula is C12H7Br2FO3S2. The fourth-order valence-corrected chi connectivity index (χ4v) is 5.72. The van der Waals surface area contributed by atoms with Crippen LogP contribution in [0, 0.1) is 5.82 Å². The highest BCUT2D eigenvalue weighted by Gasteiger charge is 2.25. The average Bonchev–Trinajstić information content (AvgIpc) is 2.68. The van der Waals surface area contributed by atoms with Gasteiger partial charge in [0.15, 0.2) is 15.6 Å². The lowest BCUT2D eigenvalue weighted by Gasteiger charge is -2.04. The van der Waals surface area contributed by atoms with Crippen LogP contribution in [0.25, 0.3) is 0 Å². The van der Waals surface area contributed by atoms with Crippen molar-refractivity contribution in [1.29, 1.82) is 0 Å². The Balaban J connectivity index is 2.32. The van der Waals surface area contributed by atoms with E-state index in [1.807, 2.05) is 0 Å². The van der Waals surface area contributed by atoms with Gasteiger partial charge in [-0.25, -0.2) is 12.8 Å². The zero-order valence-electron chi connectivity index (χ0n) is 9.77. The largest absolute Gasteiger partial charge is 0.293 e. The third kappa shape index (κ3) is 3.36. The van der Waals surface area contributed by atoms with Gasteiger partial charge in [0, 0.05) is 5.56 Å². The molecule has 20 heavy (non-hydrogen) atoms. The van der Waals surface area contributed by atoms with Gasteiger partial charge in [-0.15, -0.1) is 11.3 Å². The summed E-state index contributed by atoms with van der Waals surface area (Å²) in [5, 5.41) is 0. The predicted molar refractivity (Wildman–Crippen MR) is 82.5 cm³/mol. The lowest BCUT2D eigenvalue weighted by molar-refractivity contribution is 0.102. The van der Waals surface area contributed by atoms with E-state index in [9.17, 15) is 17.6 Å². The lowest BCUT2D eigenvalue weighted by Crippen LogP contribution is -2.17. The first-order chi connectivity index (χ1) is 9.31. The van der Waals surface area contributed by atoms with Gasteiger partial charge in [-0.05, 0) is 50.1 Å². The van der Waals surface area contributed by atoms with Gasteiger partial charge in [-0.1, -0.05) is 12.1 Å². The molecule has 0 bridgehead atoms. The molecule has 1 heterocycles. The molecular weight excluding hydrogens is 435 g/mol. The molecule has 0 atom stereocenters. The highest BCUT2D eigenvalue weighted by molar-refractivity contribution is 9.12. The molecule has 1 aromatic carbocycles. The molecule has 1 aromatic heterocycles. The SMILES string of the molecule is O=C(CS(=O)(=O)c1ccccc1F)c1cc(Br)sc1Br. The number of thiophene rings is 1. The molecule has 0 radical (unpaired) electrons. The number of sulfone groups is 1. The summed E-state index contributed by atoms with van der Waals surface area (Å²) in [6.07, 6.45) is 0. The average molecular weight is 442 g/mol. The second-order valence-electron chi connectivity index (χ2n) is 3.85. The maximum atomic E-state index is 13.5. The van der Waals surface area contributed by atoms with E-state index >= 15 is 0 Å². The molecule has 8 heteroatoms. The fraction of sp³-hybridized carbons (Fsp3) is 0.0833. The Bertz CT molecular complexity index is 769. The van der Waals surface area contributed by atoms with E-state index in [1.54, 1.807) is 0 Å². The van der Waals surface area contributed by atoms with Crippen LogP contribution in [0.15, 0.2) is 42.8 Å². The van der Waals surface area contributed by atoms with E-state index in [1.165, 1.54) is 29.5 Å². The normalized spacial score (nSPS) is 11.6. The van der Waals surface area contributed by atoms with Crippen molar-refractivity contribution in [1.82, 2.24) is 0 Å². The first-order valence-corrected chi connectivity index (χ1v) is 9.32. The smallest absolute Gasteiger partial charge is 0.188 e. The zero-order chi connectivity index (χ0) is 14.9. The van der Waals surface area contributed by atoms with Crippen molar-refractivity contribution < 1.29 is 17.6 Å². The van der Waals surface area contributed by atoms with E-state index < -0.39 is 32.1 Å². The summed E-state index contributed by atoms with van der Waals surface area (Å²) < 4.78 is 38.9. The van der Waals surface area contributed by atoms with Crippen molar-refractivity contribution in [3.05, 3.63) is 49.3 Å². The Kier molecular flexibility index (Phi) is 4.78. The van der Waals surface area contributed by atoms with Gasteiger partial charge in [0.05, 0.1) is 7.57 Å². The second-order valence-corrected chi connectivity index (χ2v) is 9.56. The summed E-state index contributed by atoms with van der Waals surface area (Å²) in [6.45, 7) is 0. The number of benzene rings is 1. The second kappa shape index (κ2) is 6.05. The fourth-order valence-electron chi connectivity index (χ4n) is 1.56. The molecule has 0 aliphatic rings. The minimum atomic E-state index is -4.00. The van der Waals surface area contributed by atoms with Crippen molar-refractivity contribution in [2.45, 2.75) is 4.90 Å². The number of ketones is 1. The minimum absolute atomic E-state index is 0.266. The topological polar surface area (TPSA) is 51.2 Å². The van der Waals surface area contributed by atoms with E-state index in [2.05, 4.69) is 31.9 Å². The number of rotatable bonds is 4. The van der Waals surface area contributed by atoms with Gasteiger partial charge in [-0.3, -0.25) is 4.79 Å². The number of carbonyl (C=O) groups excluding carboxylic acids is 1. The Morgan fingerprint density at radius 1 is 1.25 bits per heavy atom. The molecule has 2 rings (SSSR count). The molecule has 0 saturated carbocycles. The lowest BCUT2D eigenvalue weighted by atomic mass is 10.2. The van der Waals surface area contributed by atoms with Crippen molar-refractivity contribution in [3.8, 4) is 0 Å². The quantitative estimate of drug-likeness (QED) is 0.672. The highest BCUT2D eigenvalue weighted by atomic mass is 79.9. The first kappa shape index (κ1) is 15.8. The molecule has 106 valence electrons. The number of halogens is 3. The van der Waals surface area contributed by atoms with Crippen LogP contribution >= 0.6 is 43.2 Å². The number of hydrogen-bond acceptors (Lipinski definition) is 4. The van der Waals surface area contributed by atoms with E-state index in [4.69, 9.17) is 0 Å². The summed E-state index contributed by atoms with van der Waals surface area (Å²) in [4.78, 5) is 11.6. The van der Waals surface area contributed by atoms with Crippen LogP contribution in [-0.2, 0) is 9.84 Å². The van der Waals surface area contributed by atoms with E-state index in [0.717, 1.165) is 12.1 Å². The summed E-state index contributed by atoms with van der Waals surface area (Å²) in [6, 6.07) is 6.54. The summed E-state index contributed by atoms with van der Waals surface area (Å²) in [7, 11) is -4.00. The number of hydrogen-bond donors (Lipinski definition) is 0. The maximum Gasteiger partial charge on any atom is 0.188 e. The van der Waals surface area contributed by atoms with Crippen LogP contribution < -0.4 is 0 Å². The summed E-state index contributed by atoms with van der Waals surface area (Å²) in [5.74, 6) is -2.21. The van der Waals surface area contributed by atoms with Gasteiger partial charge in [0.1, 0.15) is 16.5 Å². The molecule has 0 N–H and O–H groups in total. The monoisotopic (exact) mass is 440 g/mol. The molecule has 2 aromatic rings. The molecule has 0 aliphatic heterocycles. The standard InChI is InChI=1S/C12H7Br2FO3S2/c13-11-5-7(12(14)19-11)9(16)6-20(17,18)10-4-2-1-3-8(10)15/h1-5H,6H2. The number of Topliss-reactive ketones (excluding diaryl/α,β-unsaturated/α-hetero) is 1. The predicted octanol–water partition coefficient (Wildman–Crippen LogP) is 4.07. The van der Waals surface area contributed by atoms with E-state index in [0.29, 0.717) is 7.57 Å². The molecule has 0 aliphatic carbocycles. The molecule has 3 nitrogen and oxygen atoms in total. The molecule has 0 amide bonds. The van der Waals surface area contributed by atoms with E-state index in [-0.39, 0.29) is 5.56 Å². The Hall–Kier alpha value is -0.570. The van der Waals surface area contributed by atoms with Crippen molar-refractivity contribution in [2.75, 3.05) is 5.75 Å². The highest BCUT2D eigenvalue weighted by Crippen LogP contribution is 2.32. The Morgan fingerprint density at radius 3 is 2.45 bits per heavy atom. The van der Waals surface area contributed by atoms with Crippen LogP contribution in [0.3, 0.4) is 0 Å². The molecule has 0 spiro atoms. The van der Waals surface area contributed by atoms with Gasteiger partial charge in [-0.2, -0.15) is 0 Å². The molecule has 0 fully saturated rings. The third-order valence-electron chi connectivity index (χ3n) is 2.45. The Labute approximate surface area is 136 Å². The Morgan fingerprint density at radius 2 is 1.90 bits per heavy atom. The van der Waals surface area contributed by atoms with Crippen LogP contribution in [0.4, 0.5) is 4.39 Å². The van der Waals surface area contributed by atoms with Crippen molar-refractivity contribution >= 4 is 58.8 Å². The van der Waals surface area contributed by atoms with Crippen LogP contribution in [0.1, 0.15) is 10.4 Å². The van der Waals surface area contributed by atoms with Gasteiger partial charge >= 0.3 is 0 Å².